The van der Waals surface area contributed by atoms with Crippen LogP contribution >= 0.6 is 0 Å². The number of ether oxygens (including phenoxy) is 4. The second kappa shape index (κ2) is 17.0. The van der Waals surface area contributed by atoms with E-state index >= 15 is 0 Å². The van der Waals surface area contributed by atoms with Crippen LogP contribution in [0.4, 0.5) is 0 Å². The molecule has 4 rings (SSSR count). The molecule has 0 saturated carbocycles. The van der Waals surface area contributed by atoms with E-state index in [1.807, 2.05) is 45.1 Å². The van der Waals surface area contributed by atoms with E-state index in [0.717, 1.165) is 45.8 Å². The summed E-state index contributed by atoms with van der Waals surface area (Å²) >= 11 is 0. The lowest BCUT2D eigenvalue weighted by Crippen LogP contribution is -2.59. The Labute approximate surface area is 294 Å². The van der Waals surface area contributed by atoms with Gasteiger partial charge in [0.25, 0.3) is 0 Å². The van der Waals surface area contributed by atoms with E-state index in [4.69, 9.17) is 18.9 Å². The number of carbonyl (C=O) groups excluding carboxylic acids is 2. The van der Waals surface area contributed by atoms with E-state index in [9.17, 15) is 14.7 Å². The van der Waals surface area contributed by atoms with Crippen molar-refractivity contribution >= 4 is 11.8 Å². The number of aliphatic hydroxyl groups is 1. The number of cyclic esters (lactones) is 1. The Hall–Kier alpha value is -2.03. The second-order valence-corrected chi connectivity index (χ2v) is 15.9. The second-order valence-electron chi connectivity index (χ2n) is 15.9. The van der Waals surface area contributed by atoms with Crippen molar-refractivity contribution in [2.45, 2.75) is 103 Å². The van der Waals surface area contributed by atoms with Crippen molar-refractivity contribution in [1.29, 1.82) is 0 Å². The van der Waals surface area contributed by atoms with Crippen molar-refractivity contribution in [2.75, 3.05) is 74.1 Å². The molecule has 0 unspecified atom stereocenters. The van der Waals surface area contributed by atoms with Gasteiger partial charge in [-0.25, -0.2) is 0 Å². The predicted molar refractivity (Wildman–Crippen MR) is 188 cm³/mol. The number of ketones is 1. The minimum Gasteiger partial charge on any atom is -0.463 e. The molecule has 278 valence electrons. The Morgan fingerprint density at radius 3 is 2.37 bits per heavy atom. The van der Waals surface area contributed by atoms with E-state index in [1.165, 1.54) is 5.56 Å². The van der Waals surface area contributed by atoms with Crippen molar-refractivity contribution in [3.63, 3.8) is 0 Å². The van der Waals surface area contributed by atoms with Gasteiger partial charge in [-0.15, -0.1) is 0 Å². The van der Waals surface area contributed by atoms with Gasteiger partial charge in [0.05, 0.1) is 23.9 Å². The first-order valence-electron chi connectivity index (χ1n) is 18.0. The third-order valence-electron chi connectivity index (χ3n) is 11.1. The zero-order chi connectivity index (χ0) is 36.1. The Bertz CT molecular complexity index is 1210. The Morgan fingerprint density at radius 2 is 1.76 bits per heavy atom. The van der Waals surface area contributed by atoms with Crippen molar-refractivity contribution in [2.24, 2.45) is 17.3 Å². The van der Waals surface area contributed by atoms with Gasteiger partial charge in [-0.05, 0) is 79.2 Å². The topological polar surface area (TPSA) is 117 Å². The number of likely N-dealkylation sites (N-methyl/N-ethyl adjacent to an activating group) is 2. The number of aliphatic hydroxyl groups excluding tert-OH is 1. The third-order valence-corrected chi connectivity index (χ3v) is 11.1. The maximum atomic E-state index is 14.3. The van der Waals surface area contributed by atoms with Gasteiger partial charge in [0, 0.05) is 77.3 Å². The Balaban J connectivity index is 1.54. The molecule has 0 aliphatic carbocycles. The highest BCUT2D eigenvalue weighted by molar-refractivity contribution is 6.04. The van der Waals surface area contributed by atoms with E-state index in [1.54, 1.807) is 34.1 Å². The maximum absolute atomic E-state index is 14.3. The lowest BCUT2D eigenvalue weighted by Gasteiger charge is -2.47. The van der Waals surface area contributed by atoms with Gasteiger partial charge in [0.1, 0.15) is 18.1 Å². The fraction of sp³-hybridized carbons (Fsp3) is 0.811. The number of carbonyl (C=O) groups is 2. The molecule has 1 aromatic rings. The van der Waals surface area contributed by atoms with Gasteiger partial charge >= 0.3 is 5.97 Å². The van der Waals surface area contributed by atoms with Crippen LogP contribution in [0.3, 0.4) is 0 Å². The molecule has 3 aliphatic heterocycles. The van der Waals surface area contributed by atoms with Crippen molar-refractivity contribution in [3.8, 4) is 0 Å². The lowest BCUT2D eigenvalue weighted by atomic mass is 9.74. The molecule has 3 fully saturated rings. The van der Waals surface area contributed by atoms with Gasteiger partial charge in [0.15, 0.2) is 12.1 Å². The van der Waals surface area contributed by atoms with Crippen LogP contribution in [0, 0.1) is 17.3 Å². The minimum atomic E-state index is -1.43. The highest BCUT2D eigenvalue weighted by Gasteiger charge is 2.51. The first-order valence-corrected chi connectivity index (χ1v) is 18.0. The number of nitrogens with zero attached hydrogens (tertiary/aromatic N) is 5. The molecule has 4 heterocycles. The molecule has 1 N–H and O–H groups in total. The summed E-state index contributed by atoms with van der Waals surface area (Å²) in [6, 6.07) is 3.85. The zero-order valence-electron chi connectivity index (χ0n) is 31.6. The number of hydrogen-bond donors (Lipinski definition) is 1. The monoisotopic (exact) mass is 689 g/mol. The highest BCUT2D eigenvalue weighted by Crippen LogP contribution is 2.38. The molecule has 0 amide bonds. The van der Waals surface area contributed by atoms with E-state index in [2.05, 4.69) is 39.7 Å². The van der Waals surface area contributed by atoms with Crippen molar-refractivity contribution in [1.82, 2.24) is 24.6 Å². The first-order chi connectivity index (χ1) is 23.0. The molecule has 1 aromatic heterocycles. The van der Waals surface area contributed by atoms with Gasteiger partial charge in [0.2, 0.25) is 0 Å². The van der Waals surface area contributed by atoms with Gasteiger partial charge < -0.3 is 29.0 Å². The summed E-state index contributed by atoms with van der Waals surface area (Å²) < 4.78 is 25.1. The average molecular weight is 690 g/mol. The number of methoxy groups -OCH3 is 1. The highest BCUT2D eigenvalue weighted by atomic mass is 16.7. The number of Topliss-reactive ketones (excluding diaryl/α,β-unsaturated/α-hetero) is 1. The van der Waals surface area contributed by atoms with Crippen LogP contribution < -0.4 is 0 Å². The molecule has 0 aromatic carbocycles. The van der Waals surface area contributed by atoms with Crippen LogP contribution in [0.5, 0.6) is 0 Å². The predicted octanol–water partition coefficient (Wildman–Crippen LogP) is 2.53. The lowest BCUT2D eigenvalue weighted by molar-refractivity contribution is -0.295. The molecule has 3 saturated heterocycles. The smallest absolute Gasteiger partial charge is 0.319 e. The third kappa shape index (κ3) is 9.85. The zero-order valence-corrected chi connectivity index (χ0v) is 31.6. The molecule has 12 heteroatoms. The molecule has 9 atom stereocenters. The number of hydrogen-bond acceptors (Lipinski definition) is 12. The van der Waals surface area contributed by atoms with Gasteiger partial charge in [-0.3, -0.25) is 29.3 Å². The standard InChI is InChI=1S/C37H63N5O7/c1-25-19-37(6,46-10)33(49-34-31(43)30(39(7)8)18-26(2)48-34)27(3)32(44)36(4,5)35(45)47-24-29(40(9)21-25)23-42-16-14-41(15-17-42)22-28-12-11-13-38-20-28/h11-13,20,25-27,29-31,33-34,43H,14-19,21-24H2,1-10H3/t25-,26-,27+,29-,30+,31-,33-,34+,37-/m1/s1. The quantitative estimate of drug-likeness (QED) is 0.320. The van der Waals surface area contributed by atoms with E-state index in [-0.39, 0.29) is 36.5 Å². The minimum absolute atomic E-state index is 0.0589. The van der Waals surface area contributed by atoms with Crippen molar-refractivity contribution < 1.29 is 33.6 Å². The van der Waals surface area contributed by atoms with Crippen LogP contribution in [0.2, 0.25) is 0 Å². The summed E-state index contributed by atoms with van der Waals surface area (Å²) in [5.41, 5.74) is -1.15. The Morgan fingerprint density at radius 1 is 1.08 bits per heavy atom. The van der Waals surface area contributed by atoms with Crippen LogP contribution in [0.1, 0.15) is 59.9 Å². The van der Waals surface area contributed by atoms with E-state index in [0.29, 0.717) is 12.8 Å². The number of rotatable bonds is 8. The molecular weight excluding hydrogens is 626 g/mol. The number of esters is 1. The van der Waals surface area contributed by atoms with Crippen LogP contribution in [-0.4, -0.2) is 158 Å². The summed E-state index contributed by atoms with van der Waals surface area (Å²) in [6.45, 7) is 17.4. The average Bonchev–Trinajstić information content (AvgIpc) is 3.06. The van der Waals surface area contributed by atoms with Crippen LogP contribution in [0.15, 0.2) is 24.5 Å². The summed E-state index contributed by atoms with van der Waals surface area (Å²) in [6.07, 6.45) is 2.09. The largest absolute Gasteiger partial charge is 0.463 e. The molecule has 49 heavy (non-hydrogen) atoms. The summed E-state index contributed by atoms with van der Waals surface area (Å²) in [7, 11) is 7.58. The first kappa shape index (κ1) is 39.8. The summed E-state index contributed by atoms with van der Waals surface area (Å²) in [5, 5.41) is 11.4. The number of aromatic nitrogens is 1. The van der Waals surface area contributed by atoms with Crippen molar-refractivity contribution in [3.05, 3.63) is 30.1 Å². The molecular formula is C37H63N5O7. The molecule has 0 bridgehead atoms. The van der Waals surface area contributed by atoms with Crippen LogP contribution in [0.25, 0.3) is 0 Å². The number of pyridine rings is 1. The summed E-state index contributed by atoms with van der Waals surface area (Å²) in [4.78, 5) is 41.4. The maximum Gasteiger partial charge on any atom is 0.319 e. The fourth-order valence-corrected chi connectivity index (χ4v) is 7.96. The van der Waals surface area contributed by atoms with Gasteiger partial charge in [-0.1, -0.05) is 19.9 Å². The molecule has 12 nitrogen and oxygen atoms in total. The normalized spacial score (nSPS) is 36.5. The van der Waals surface area contributed by atoms with E-state index < -0.39 is 41.4 Å². The van der Waals surface area contributed by atoms with Crippen LogP contribution in [-0.2, 0) is 35.1 Å². The molecule has 0 radical (unpaired) electrons. The Kier molecular flexibility index (Phi) is 13.8. The fourth-order valence-electron chi connectivity index (χ4n) is 7.96. The molecule has 3 aliphatic rings. The molecule has 0 spiro atoms. The summed E-state index contributed by atoms with van der Waals surface area (Å²) in [5.74, 6) is -1.47. The SMILES string of the molecule is CO[C@]1(C)C[C@@H](C)CN(C)[C@H](CN2CCN(Cc3cccnc3)CC2)COC(=O)C(C)(C)C(=O)[C@H](C)[C@H]1O[C@@H]1O[C@H](C)C[C@H](N(C)C)[C@H]1O. The number of piperazine rings is 1. The van der Waals surface area contributed by atoms with Gasteiger partial charge in [-0.2, -0.15) is 0 Å².